The maximum atomic E-state index is 13.4. The minimum Gasteiger partial charge on any atom is -0.356 e. The zero-order chi connectivity index (χ0) is 17.4. The number of nitrogens with zero attached hydrogens (tertiary/aromatic N) is 2. The molecule has 1 atom stereocenters. The Balaban J connectivity index is 1.67. The van der Waals surface area contributed by atoms with Crippen molar-refractivity contribution in [3.8, 4) is 0 Å². The fraction of sp³-hybridized carbons (Fsp3) is 0.278. The second-order valence-electron chi connectivity index (χ2n) is 5.94. The summed E-state index contributed by atoms with van der Waals surface area (Å²) in [6.07, 6.45) is 3.18. The molecule has 7 heteroatoms. The Bertz CT molecular complexity index is 905. The molecule has 3 nitrogen and oxygen atoms in total. The maximum absolute atomic E-state index is 13.4. The molecule has 0 bridgehead atoms. The summed E-state index contributed by atoms with van der Waals surface area (Å²) < 4.78 is 35.4. The van der Waals surface area contributed by atoms with Crippen molar-refractivity contribution in [2.24, 2.45) is 0 Å². The molecule has 0 N–H and O–H groups in total. The van der Waals surface area contributed by atoms with Crippen LogP contribution < -0.4 is 0 Å². The lowest BCUT2D eigenvalue weighted by Gasteiger charge is -2.23. The van der Waals surface area contributed by atoms with E-state index < -0.39 is 11.6 Å². The lowest BCUT2D eigenvalue weighted by Crippen LogP contribution is -2.19. The van der Waals surface area contributed by atoms with Crippen molar-refractivity contribution in [3.63, 3.8) is 0 Å². The van der Waals surface area contributed by atoms with Gasteiger partial charge in [0.25, 0.3) is 0 Å². The molecule has 1 fully saturated rings. The van der Waals surface area contributed by atoms with Crippen LogP contribution in [0.5, 0.6) is 0 Å². The van der Waals surface area contributed by atoms with Gasteiger partial charge in [-0.25, -0.2) is 13.5 Å². The van der Waals surface area contributed by atoms with Gasteiger partial charge in [-0.2, -0.15) is 5.10 Å². The van der Waals surface area contributed by atoms with Crippen LogP contribution in [0.3, 0.4) is 0 Å². The molecule has 0 aliphatic carbocycles. The lowest BCUT2D eigenvalue weighted by molar-refractivity contribution is -0.0368. The van der Waals surface area contributed by atoms with E-state index in [-0.39, 0.29) is 6.23 Å². The van der Waals surface area contributed by atoms with Gasteiger partial charge in [-0.15, -0.1) is 0 Å². The summed E-state index contributed by atoms with van der Waals surface area (Å²) in [5.74, 6) is -1.14. The Labute approximate surface area is 161 Å². The zero-order valence-corrected chi connectivity index (χ0v) is 16.2. The first-order chi connectivity index (χ1) is 12.1. The average molecular weight is 472 g/mol. The molecule has 1 aromatic heterocycles. The van der Waals surface area contributed by atoms with Crippen molar-refractivity contribution < 1.29 is 13.5 Å². The van der Waals surface area contributed by atoms with Gasteiger partial charge in [0, 0.05) is 27.9 Å². The highest BCUT2D eigenvalue weighted by Crippen LogP contribution is 2.34. The Hall–Kier alpha value is -1.19. The third-order valence-corrected chi connectivity index (χ3v) is 5.89. The molecule has 0 radical (unpaired) electrons. The van der Waals surface area contributed by atoms with Crippen molar-refractivity contribution in [3.05, 3.63) is 51.7 Å². The largest absolute Gasteiger partial charge is 0.356 e. The molecule has 2 aromatic carbocycles. The third kappa shape index (κ3) is 3.68. The Kier molecular flexibility index (Phi) is 4.97. The van der Waals surface area contributed by atoms with Crippen LogP contribution in [0.2, 0.25) is 0 Å². The quantitative estimate of drug-likeness (QED) is 0.453. The van der Waals surface area contributed by atoms with Gasteiger partial charge >= 0.3 is 0 Å². The summed E-state index contributed by atoms with van der Waals surface area (Å²) in [4.78, 5) is 1.45. The van der Waals surface area contributed by atoms with Gasteiger partial charge in [-0.05, 0) is 72.2 Å². The second-order valence-corrected chi connectivity index (χ2v) is 8.11. The molecular weight excluding hydrogens is 457 g/mol. The molecule has 3 aromatic rings. The molecule has 4 rings (SSSR count). The van der Waals surface area contributed by atoms with Crippen molar-refractivity contribution in [1.29, 1.82) is 0 Å². The molecule has 0 saturated carbocycles. The molecule has 1 aliphatic heterocycles. The van der Waals surface area contributed by atoms with E-state index in [2.05, 4.69) is 27.7 Å². The molecule has 0 amide bonds. The summed E-state index contributed by atoms with van der Waals surface area (Å²) in [5, 5.41) is 5.66. The summed E-state index contributed by atoms with van der Waals surface area (Å²) in [6, 6.07) is 9.51. The van der Waals surface area contributed by atoms with Crippen LogP contribution in [0, 0.1) is 15.3 Å². The zero-order valence-electron chi connectivity index (χ0n) is 13.2. The molecule has 130 valence electrons. The number of fused-ring (bicyclic) bond motifs is 1. The highest BCUT2D eigenvalue weighted by Gasteiger charge is 2.20. The van der Waals surface area contributed by atoms with E-state index in [1.807, 2.05) is 22.9 Å². The third-order valence-electron chi connectivity index (χ3n) is 4.13. The van der Waals surface area contributed by atoms with Crippen LogP contribution in [0.25, 0.3) is 10.9 Å². The first-order valence-corrected chi connectivity index (χ1v) is 9.93. The maximum Gasteiger partial charge on any atom is 0.150 e. The van der Waals surface area contributed by atoms with Crippen molar-refractivity contribution in [2.75, 3.05) is 6.61 Å². The number of halogens is 3. The van der Waals surface area contributed by atoms with Crippen LogP contribution in [0.15, 0.2) is 46.2 Å². The van der Waals surface area contributed by atoms with Crippen LogP contribution in [-0.2, 0) is 4.74 Å². The van der Waals surface area contributed by atoms with Crippen LogP contribution in [0.1, 0.15) is 25.5 Å². The van der Waals surface area contributed by atoms with Gasteiger partial charge in [-0.1, -0.05) is 11.8 Å². The minimum absolute atomic E-state index is 0.0180. The summed E-state index contributed by atoms with van der Waals surface area (Å²) in [7, 11) is 0. The Morgan fingerprint density at radius 1 is 1.08 bits per heavy atom. The number of rotatable bonds is 3. The Morgan fingerprint density at radius 2 is 1.88 bits per heavy atom. The van der Waals surface area contributed by atoms with E-state index in [4.69, 9.17) is 4.74 Å². The average Bonchev–Trinajstić information content (AvgIpc) is 2.91. The van der Waals surface area contributed by atoms with E-state index >= 15 is 0 Å². The summed E-state index contributed by atoms with van der Waals surface area (Å²) in [6.45, 7) is 0.766. The van der Waals surface area contributed by atoms with E-state index in [1.54, 1.807) is 0 Å². The fourth-order valence-electron chi connectivity index (χ4n) is 3.01. The van der Waals surface area contributed by atoms with Crippen LogP contribution in [-0.4, -0.2) is 16.4 Å². The fourth-order valence-corrected chi connectivity index (χ4v) is 4.60. The van der Waals surface area contributed by atoms with Crippen molar-refractivity contribution >= 4 is 45.3 Å². The van der Waals surface area contributed by atoms with Gasteiger partial charge < -0.3 is 4.74 Å². The van der Waals surface area contributed by atoms with E-state index in [9.17, 15) is 8.78 Å². The van der Waals surface area contributed by atoms with E-state index in [1.165, 1.54) is 23.9 Å². The molecule has 1 unspecified atom stereocenters. The molecular formula is C18H15F2IN2OS. The van der Waals surface area contributed by atoms with E-state index in [0.717, 1.165) is 51.4 Å². The number of aromatic nitrogens is 2. The monoisotopic (exact) mass is 472 g/mol. The number of hydrogen-bond donors (Lipinski definition) is 0. The first kappa shape index (κ1) is 17.2. The smallest absolute Gasteiger partial charge is 0.150 e. The normalized spacial score (nSPS) is 18.0. The van der Waals surface area contributed by atoms with Gasteiger partial charge in [-0.3, -0.25) is 0 Å². The SMILES string of the molecule is Fc1cc(F)cc(Sc2ccc3c(c2)c(I)nn3C2CCCCO2)c1. The number of benzene rings is 2. The molecule has 1 saturated heterocycles. The number of hydrogen-bond acceptors (Lipinski definition) is 3. The predicted molar refractivity (Wildman–Crippen MR) is 102 cm³/mol. The molecule has 25 heavy (non-hydrogen) atoms. The number of ether oxygens (including phenoxy) is 1. The van der Waals surface area contributed by atoms with E-state index in [0.29, 0.717) is 4.90 Å². The predicted octanol–water partition coefficient (Wildman–Crippen LogP) is 5.77. The van der Waals surface area contributed by atoms with Gasteiger partial charge in [0.2, 0.25) is 0 Å². The standard InChI is InChI=1S/C18H15F2IN2OS/c19-11-7-12(20)9-14(8-11)25-13-4-5-16-15(10-13)18(21)22-23(16)17-3-1-2-6-24-17/h4-5,7-10,17H,1-3,6H2. The van der Waals surface area contributed by atoms with Gasteiger partial charge in [0.05, 0.1) is 5.52 Å². The first-order valence-electron chi connectivity index (χ1n) is 8.03. The lowest BCUT2D eigenvalue weighted by atomic mass is 10.2. The summed E-state index contributed by atoms with van der Waals surface area (Å²) >= 11 is 3.55. The molecule has 0 spiro atoms. The highest BCUT2D eigenvalue weighted by molar-refractivity contribution is 14.1. The molecule has 1 aliphatic rings. The molecule has 2 heterocycles. The Morgan fingerprint density at radius 3 is 2.60 bits per heavy atom. The van der Waals surface area contributed by atoms with Crippen LogP contribution in [0.4, 0.5) is 8.78 Å². The van der Waals surface area contributed by atoms with Crippen LogP contribution >= 0.6 is 34.4 Å². The second kappa shape index (κ2) is 7.20. The summed E-state index contributed by atoms with van der Waals surface area (Å²) in [5.41, 5.74) is 1.02. The van der Waals surface area contributed by atoms with Crippen molar-refractivity contribution in [1.82, 2.24) is 9.78 Å². The van der Waals surface area contributed by atoms with Crippen molar-refractivity contribution in [2.45, 2.75) is 35.3 Å². The van der Waals surface area contributed by atoms with Gasteiger partial charge in [0.1, 0.15) is 15.3 Å². The topological polar surface area (TPSA) is 27.1 Å². The van der Waals surface area contributed by atoms with Gasteiger partial charge in [0.15, 0.2) is 6.23 Å². The highest BCUT2D eigenvalue weighted by atomic mass is 127. The minimum atomic E-state index is -0.569.